The van der Waals surface area contributed by atoms with Crippen LogP contribution in [0.15, 0.2) is 65.0 Å². The second-order valence-electron chi connectivity index (χ2n) is 7.22. The fourth-order valence-corrected chi connectivity index (χ4v) is 4.44. The topological polar surface area (TPSA) is 86.1 Å². The van der Waals surface area contributed by atoms with Crippen molar-refractivity contribution in [1.82, 2.24) is 14.8 Å². The summed E-state index contributed by atoms with van der Waals surface area (Å²) in [5.74, 6) is 0.138. The van der Waals surface area contributed by atoms with Crippen LogP contribution in [0.5, 0.6) is 0 Å². The number of fused-ring (bicyclic) bond motifs is 1. The molecular formula is C23H20Cl2N4O3S. The second-order valence-corrected chi connectivity index (χ2v) is 9.03. The number of hydrogen-bond donors (Lipinski definition) is 1. The molecule has 0 aliphatic carbocycles. The Hall–Kier alpha value is -2.81. The minimum atomic E-state index is -0.550. The summed E-state index contributed by atoms with van der Waals surface area (Å²) in [6.07, 6.45) is 0. The van der Waals surface area contributed by atoms with E-state index in [-0.39, 0.29) is 18.1 Å². The molecule has 170 valence electrons. The molecule has 0 bridgehead atoms. The van der Waals surface area contributed by atoms with E-state index in [2.05, 4.69) is 15.4 Å². The molecule has 1 aliphatic rings. The lowest BCUT2D eigenvalue weighted by Crippen LogP contribution is -2.29. The van der Waals surface area contributed by atoms with Crippen molar-refractivity contribution < 1.29 is 14.3 Å². The van der Waals surface area contributed by atoms with Gasteiger partial charge in [0.1, 0.15) is 6.04 Å². The van der Waals surface area contributed by atoms with Crippen molar-refractivity contribution in [3.8, 4) is 0 Å². The third kappa shape index (κ3) is 5.08. The van der Waals surface area contributed by atoms with Gasteiger partial charge in [-0.15, -0.1) is 5.10 Å². The van der Waals surface area contributed by atoms with Crippen molar-refractivity contribution in [2.24, 2.45) is 0 Å². The number of ether oxygens (including phenoxy) is 1. The molecule has 1 atom stereocenters. The monoisotopic (exact) mass is 502 g/mol. The van der Waals surface area contributed by atoms with Crippen LogP contribution in [-0.2, 0) is 9.53 Å². The zero-order valence-electron chi connectivity index (χ0n) is 17.8. The van der Waals surface area contributed by atoms with E-state index < -0.39 is 12.0 Å². The molecule has 0 saturated carbocycles. The van der Waals surface area contributed by atoms with Gasteiger partial charge in [-0.05, 0) is 55.8 Å². The number of anilines is 1. The number of aromatic nitrogens is 3. The first-order valence-electron chi connectivity index (χ1n) is 10.2. The van der Waals surface area contributed by atoms with Gasteiger partial charge in [0.25, 0.3) is 0 Å². The molecule has 0 unspecified atom stereocenters. The van der Waals surface area contributed by atoms with Gasteiger partial charge in [0.15, 0.2) is 5.78 Å². The van der Waals surface area contributed by atoms with Crippen LogP contribution in [0.3, 0.4) is 0 Å². The van der Waals surface area contributed by atoms with Gasteiger partial charge < -0.3 is 10.1 Å². The van der Waals surface area contributed by atoms with E-state index in [1.807, 2.05) is 12.1 Å². The van der Waals surface area contributed by atoms with Gasteiger partial charge in [-0.25, -0.2) is 9.48 Å². The zero-order chi connectivity index (χ0) is 23.5. The smallest absolute Gasteiger partial charge is 0.338 e. The van der Waals surface area contributed by atoms with E-state index in [1.165, 1.54) is 11.8 Å². The summed E-state index contributed by atoms with van der Waals surface area (Å²) in [4.78, 5) is 29.9. The van der Waals surface area contributed by atoms with E-state index in [9.17, 15) is 9.59 Å². The van der Waals surface area contributed by atoms with E-state index in [4.69, 9.17) is 27.9 Å². The van der Waals surface area contributed by atoms with Gasteiger partial charge in [-0.3, -0.25) is 4.79 Å². The lowest BCUT2D eigenvalue weighted by atomic mass is 9.96. The SMILES string of the molecule is CCOC(=O)C1=C(C)Nc2nc(SCC(=O)c3ccc(Cl)cc3)nn2[C@@H]1c1ccc(Cl)cc1. The Morgan fingerprint density at radius 2 is 1.73 bits per heavy atom. The minimum Gasteiger partial charge on any atom is -0.463 e. The van der Waals surface area contributed by atoms with Crippen molar-refractivity contribution >= 4 is 52.7 Å². The third-order valence-corrected chi connectivity index (χ3v) is 6.35. The molecule has 3 aromatic rings. The van der Waals surface area contributed by atoms with E-state index >= 15 is 0 Å². The Kier molecular flexibility index (Phi) is 7.07. The van der Waals surface area contributed by atoms with Gasteiger partial charge in [0.05, 0.1) is 17.9 Å². The number of Topliss-reactive ketones (excluding diaryl/α,β-unsaturated/α-hetero) is 1. The molecule has 0 radical (unpaired) electrons. The third-order valence-electron chi connectivity index (χ3n) is 5.01. The fourth-order valence-electron chi connectivity index (χ4n) is 3.47. The van der Waals surface area contributed by atoms with Gasteiger partial charge in [-0.1, -0.05) is 47.1 Å². The molecule has 10 heteroatoms. The second kappa shape index (κ2) is 9.99. The van der Waals surface area contributed by atoms with E-state index in [1.54, 1.807) is 54.9 Å². The molecule has 0 spiro atoms. The van der Waals surface area contributed by atoms with Gasteiger partial charge >= 0.3 is 5.97 Å². The molecule has 1 aromatic heterocycles. The Labute approximate surface area is 205 Å². The molecule has 0 saturated heterocycles. The number of hydrogen-bond acceptors (Lipinski definition) is 7. The van der Waals surface area contributed by atoms with Crippen LogP contribution in [0, 0.1) is 0 Å². The van der Waals surface area contributed by atoms with Crippen LogP contribution < -0.4 is 5.32 Å². The maximum absolute atomic E-state index is 12.8. The van der Waals surface area contributed by atoms with E-state index in [0.717, 1.165) is 5.56 Å². The summed E-state index contributed by atoms with van der Waals surface area (Å²) in [5.41, 5.74) is 2.44. The number of nitrogens with zero attached hydrogens (tertiary/aromatic N) is 3. The molecule has 2 heterocycles. The maximum atomic E-state index is 12.8. The quantitative estimate of drug-likeness (QED) is 0.262. The zero-order valence-corrected chi connectivity index (χ0v) is 20.2. The molecule has 1 N–H and O–H groups in total. The fraction of sp³-hybridized carbons (Fsp3) is 0.217. The summed E-state index contributed by atoms with van der Waals surface area (Å²) in [7, 11) is 0. The van der Waals surface area contributed by atoms with Gasteiger partial charge in [0.2, 0.25) is 11.1 Å². The lowest BCUT2D eigenvalue weighted by molar-refractivity contribution is -0.139. The Balaban J connectivity index is 1.63. The van der Waals surface area contributed by atoms with Crippen LogP contribution >= 0.6 is 35.0 Å². The highest BCUT2D eigenvalue weighted by Gasteiger charge is 2.35. The maximum Gasteiger partial charge on any atom is 0.338 e. The summed E-state index contributed by atoms with van der Waals surface area (Å²) < 4.78 is 6.94. The number of halogens is 2. The number of allylic oxidation sites excluding steroid dienone is 1. The largest absolute Gasteiger partial charge is 0.463 e. The molecule has 0 fully saturated rings. The van der Waals surface area contributed by atoms with Crippen LogP contribution in [0.4, 0.5) is 5.95 Å². The van der Waals surface area contributed by atoms with Crippen LogP contribution in [0.1, 0.15) is 35.8 Å². The molecule has 4 rings (SSSR count). The summed E-state index contributed by atoms with van der Waals surface area (Å²) >= 11 is 13.2. The summed E-state index contributed by atoms with van der Waals surface area (Å²) in [6.45, 7) is 3.81. The van der Waals surface area contributed by atoms with Crippen molar-refractivity contribution in [2.45, 2.75) is 25.0 Å². The van der Waals surface area contributed by atoms with Gasteiger partial charge in [0, 0.05) is 21.3 Å². The highest BCUT2D eigenvalue weighted by Crippen LogP contribution is 2.37. The molecule has 2 aromatic carbocycles. The van der Waals surface area contributed by atoms with Crippen molar-refractivity contribution in [1.29, 1.82) is 0 Å². The number of carbonyl (C=O) groups excluding carboxylic acids is 2. The molecule has 1 aliphatic heterocycles. The number of thioether (sulfide) groups is 1. The molecular weight excluding hydrogens is 483 g/mol. The number of benzene rings is 2. The van der Waals surface area contributed by atoms with E-state index in [0.29, 0.717) is 38.0 Å². The van der Waals surface area contributed by atoms with Gasteiger partial charge in [-0.2, -0.15) is 4.98 Å². The Bertz CT molecular complexity index is 1220. The summed E-state index contributed by atoms with van der Waals surface area (Å²) in [6, 6.07) is 13.4. The predicted molar refractivity (Wildman–Crippen MR) is 129 cm³/mol. The Morgan fingerprint density at radius 3 is 2.36 bits per heavy atom. The van der Waals surface area contributed by atoms with Crippen molar-refractivity contribution in [2.75, 3.05) is 17.7 Å². The highest BCUT2D eigenvalue weighted by molar-refractivity contribution is 7.99. The average Bonchev–Trinajstić information content (AvgIpc) is 3.20. The van der Waals surface area contributed by atoms with Crippen LogP contribution in [-0.4, -0.2) is 38.9 Å². The summed E-state index contributed by atoms with van der Waals surface area (Å²) in [5, 5.41) is 9.30. The van der Waals surface area contributed by atoms with Crippen LogP contribution in [0.25, 0.3) is 0 Å². The highest BCUT2D eigenvalue weighted by atomic mass is 35.5. The molecule has 33 heavy (non-hydrogen) atoms. The minimum absolute atomic E-state index is 0.0619. The first-order valence-corrected chi connectivity index (χ1v) is 11.9. The number of esters is 1. The first-order chi connectivity index (χ1) is 15.9. The predicted octanol–water partition coefficient (Wildman–Crippen LogP) is 5.41. The molecule has 7 nitrogen and oxygen atoms in total. The first kappa shape index (κ1) is 23.4. The number of nitrogens with one attached hydrogen (secondary N) is 1. The number of ketones is 1. The van der Waals surface area contributed by atoms with Crippen molar-refractivity contribution in [3.05, 3.63) is 81.0 Å². The van der Waals surface area contributed by atoms with Crippen LogP contribution in [0.2, 0.25) is 10.0 Å². The number of carbonyl (C=O) groups is 2. The normalized spacial score (nSPS) is 15.1. The standard InChI is InChI=1S/C23H20Cl2N4O3S/c1-3-32-21(31)19-13(2)26-22-27-23(33-12-18(30)14-4-8-16(24)9-5-14)28-29(22)20(19)15-6-10-17(25)11-7-15/h4-11,20H,3,12H2,1-2H3,(H,26,27,28)/t20-/m1/s1. The van der Waals surface area contributed by atoms with Crippen molar-refractivity contribution in [3.63, 3.8) is 0 Å². The average molecular weight is 503 g/mol. The molecule has 0 amide bonds. The number of rotatable bonds is 7. The lowest BCUT2D eigenvalue weighted by Gasteiger charge is -2.28. The Morgan fingerprint density at radius 1 is 1.09 bits per heavy atom.